The third-order valence-corrected chi connectivity index (χ3v) is 21.8. The van der Waals surface area contributed by atoms with Crippen LogP contribution in [0, 0.1) is 17.8 Å². The molecule has 0 fully saturated rings. The first-order valence-corrected chi connectivity index (χ1v) is 46.8. The van der Waals surface area contributed by atoms with Gasteiger partial charge in [-0.15, -0.1) is 0 Å². The first kappa shape index (κ1) is 102. The number of carbonyl (C=O) groups is 4. The summed E-state index contributed by atoms with van der Waals surface area (Å²) in [7, 11) is -9.93. The second kappa shape index (κ2) is 75.1. The van der Waals surface area contributed by atoms with Crippen LogP contribution in [0.2, 0.25) is 0 Å². The minimum Gasteiger partial charge on any atom is -0.462 e. The largest absolute Gasteiger partial charge is 0.472 e. The maximum atomic E-state index is 13.1. The van der Waals surface area contributed by atoms with Crippen LogP contribution < -0.4 is 0 Å². The lowest BCUT2D eigenvalue weighted by Crippen LogP contribution is -2.30. The number of aliphatic hydroxyl groups excluding tert-OH is 1. The van der Waals surface area contributed by atoms with Crippen molar-refractivity contribution in [2.24, 2.45) is 17.8 Å². The lowest BCUT2D eigenvalue weighted by atomic mass is 10.0. The van der Waals surface area contributed by atoms with E-state index in [2.05, 4.69) is 48.5 Å². The van der Waals surface area contributed by atoms with Gasteiger partial charge in [-0.2, -0.15) is 0 Å². The van der Waals surface area contributed by atoms with Gasteiger partial charge in [0.25, 0.3) is 0 Å². The molecule has 0 aliphatic rings. The second-order valence-corrected chi connectivity index (χ2v) is 34.9. The molecule has 2 unspecified atom stereocenters. The van der Waals surface area contributed by atoms with Crippen LogP contribution in [0.15, 0.2) is 0 Å². The van der Waals surface area contributed by atoms with E-state index >= 15 is 0 Å². The Morgan fingerprint density at radius 3 is 0.654 bits per heavy atom. The Morgan fingerprint density at radius 2 is 0.442 bits per heavy atom. The zero-order valence-corrected chi connectivity index (χ0v) is 70.3. The van der Waals surface area contributed by atoms with Crippen molar-refractivity contribution >= 4 is 39.5 Å². The van der Waals surface area contributed by atoms with Gasteiger partial charge in [0.15, 0.2) is 12.2 Å². The third kappa shape index (κ3) is 78.2. The van der Waals surface area contributed by atoms with E-state index in [1.54, 1.807) is 0 Å². The summed E-state index contributed by atoms with van der Waals surface area (Å²) in [5, 5.41) is 10.7. The molecule has 104 heavy (non-hydrogen) atoms. The summed E-state index contributed by atoms with van der Waals surface area (Å²) >= 11 is 0. The molecule has 0 aliphatic carbocycles. The SMILES string of the molecule is CCCCCCCCCCCCCC(=O)OC[C@H](COP(=O)(O)OC[C@H](O)COP(=O)(O)OC[C@@H](COC(=O)CCCCCCCCCCCCCCCCCCC(C)C)OC(=O)CCCCCCCCCCCCCCCCCCC(C)C)OC(=O)CCCCCCCCCCCCCCC(C)C. The molecule has 618 valence electrons. The minimum absolute atomic E-state index is 0.107. The van der Waals surface area contributed by atoms with E-state index in [9.17, 15) is 43.2 Å². The van der Waals surface area contributed by atoms with Crippen LogP contribution in [-0.2, 0) is 65.4 Å². The van der Waals surface area contributed by atoms with Gasteiger partial charge in [0, 0.05) is 25.7 Å². The average molecular weight is 1520 g/mol. The fourth-order valence-electron chi connectivity index (χ4n) is 13.2. The van der Waals surface area contributed by atoms with E-state index in [-0.39, 0.29) is 25.7 Å². The Balaban J connectivity index is 5.25. The van der Waals surface area contributed by atoms with Crippen molar-refractivity contribution in [2.45, 2.75) is 465 Å². The highest BCUT2D eigenvalue weighted by atomic mass is 31.2. The number of hydrogen-bond acceptors (Lipinski definition) is 15. The molecule has 0 radical (unpaired) electrons. The van der Waals surface area contributed by atoms with Crippen molar-refractivity contribution in [2.75, 3.05) is 39.6 Å². The molecular weight excluding hydrogens is 1350 g/mol. The molecule has 0 spiro atoms. The number of phosphoric ester groups is 2. The Bertz CT molecular complexity index is 2010. The minimum atomic E-state index is -4.97. The number of phosphoric acid groups is 2. The molecular formula is C85H166O17P2. The highest BCUT2D eigenvalue weighted by Gasteiger charge is 2.30. The van der Waals surface area contributed by atoms with E-state index in [0.29, 0.717) is 25.7 Å². The van der Waals surface area contributed by atoms with Crippen LogP contribution in [-0.4, -0.2) is 96.7 Å². The van der Waals surface area contributed by atoms with Crippen LogP contribution in [0.1, 0.15) is 447 Å². The number of carbonyl (C=O) groups excluding carboxylic acids is 4. The Labute approximate surface area is 638 Å². The molecule has 3 N–H and O–H groups in total. The molecule has 0 aromatic heterocycles. The molecule has 0 saturated carbocycles. The van der Waals surface area contributed by atoms with E-state index in [1.807, 2.05) is 0 Å². The maximum Gasteiger partial charge on any atom is 0.472 e. The van der Waals surface area contributed by atoms with Gasteiger partial charge in [-0.25, -0.2) is 9.13 Å². The highest BCUT2D eigenvalue weighted by Crippen LogP contribution is 2.45. The predicted molar refractivity (Wildman–Crippen MR) is 428 cm³/mol. The van der Waals surface area contributed by atoms with E-state index in [0.717, 1.165) is 108 Å². The summed E-state index contributed by atoms with van der Waals surface area (Å²) in [5.41, 5.74) is 0. The lowest BCUT2D eigenvalue weighted by molar-refractivity contribution is -0.161. The fourth-order valence-corrected chi connectivity index (χ4v) is 14.8. The third-order valence-electron chi connectivity index (χ3n) is 19.9. The molecule has 0 aliphatic heterocycles. The number of hydrogen-bond donors (Lipinski definition) is 3. The van der Waals surface area contributed by atoms with Crippen molar-refractivity contribution in [1.82, 2.24) is 0 Å². The molecule has 17 nitrogen and oxygen atoms in total. The summed E-state index contributed by atoms with van der Waals surface area (Å²) in [5.74, 6) is 0.294. The number of unbranched alkanes of at least 4 members (excludes halogenated alkanes) is 51. The Kier molecular flexibility index (Phi) is 73.7. The normalized spacial score (nSPS) is 13.9. The quantitative estimate of drug-likeness (QED) is 0.0222. The number of aliphatic hydroxyl groups is 1. The van der Waals surface area contributed by atoms with E-state index in [4.69, 9.17) is 37.0 Å². The van der Waals surface area contributed by atoms with Crippen molar-refractivity contribution in [3.05, 3.63) is 0 Å². The second-order valence-electron chi connectivity index (χ2n) is 32.0. The topological polar surface area (TPSA) is 237 Å². The van der Waals surface area contributed by atoms with Crippen LogP contribution in [0.4, 0.5) is 0 Å². The van der Waals surface area contributed by atoms with Crippen LogP contribution in [0.5, 0.6) is 0 Å². The van der Waals surface area contributed by atoms with Crippen molar-refractivity contribution in [1.29, 1.82) is 0 Å². The smallest absolute Gasteiger partial charge is 0.462 e. The number of esters is 4. The zero-order chi connectivity index (χ0) is 76.5. The Morgan fingerprint density at radius 1 is 0.260 bits per heavy atom. The number of ether oxygens (including phenoxy) is 4. The summed E-state index contributed by atoms with van der Waals surface area (Å²) in [6, 6.07) is 0. The number of rotatable bonds is 83. The summed E-state index contributed by atoms with van der Waals surface area (Å²) in [4.78, 5) is 73.2. The van der Waals surface area contributed by atoms with Gasteiger partial charge in [-0.3, -0.25) is 37.3 Å². The standard InChI is InChI=1S/C85H166O17P2/c1-8-9-10-11-12-13-28-38-45-52-59-66-82(87)95-72-80(102-85(90)69-62-55-48-41-34-27-26-31-37-44-51-58-65-78(6)7)74-99-103(91,92)97-70-79(86)71-98-104(93,94)100-75-81(101-84(89)68-61-54-47-40-33-25-21-17-15-19-23-30-36-43-50-57-64-77(4)5)73-96-83(88)67-60-53-46-39-32-24-20-16-14-18-22-29-35-42-49-56-63-76(2)3/h76-81,86H,8-75H2,1-7H3,(H,91,92)(H,93,94)/t79-,80+,81+/m0/s1. The van der Waals surface area contributed by atoms with Gasteiger partial charge in [0.1, 0.15) is 19.3 Å². The molecule has 0 saturated heterocycles. The average Bonchev–Trinajstić information content (AvgIpc) is 0.902. The fraction of sp³-hybridized carbons (Fsp3) is 0.953. The summed E-state index contributed by atoms with van der Waals surface area (Å²) < 4.78 is 68.9. The van der Waals surface area contributed by atoms with E-state index < -0.39 is 97.5 Å². The first-order valence-electron chi connectivity index (χ1n) is 43.8. The van der Waals surface area contributed by atoms with Gasteiger partial charge in [-0.05, 0) is 43.4 Å². The molecule has 19 heteroatoms. The summed E-state index contributed by atoms with van der Waals surface area (Å²) in [6.45, 7) is 12.0. The summed E-state index contributed by atoms with van der Waals surface area (Å²) in [6.07, 6.45) is 65.1. The van der Waals surface area contributed by atoms with Crippen LogP contribution in [0.3, 0.4) is 0 Å². The van der Waals surface area contributed by atoms with Crippen molar-refractivity contribution < 1.29 is 80.2 Å². The van der Waals surface area contributed by atoms with Gasteiger partial charge < -0.3 is 33.8 Å². The molecule has 0 bridgehead atoms. The molecule has 0 aromatic carbocycles. The highest BCUT2D eigenvalue weighted by molar-refractivity contribution is 7.47. The van der Waals surface area contributed by atoms with Crippen molar-refractivity contribution in [3.8, 4) is 0 Å². The molecule has 0 rings (SSSR count). The molecule has 0 amide bonds. The maximum absolute atomic E-state index is 13.1. The van der Waals surface area contributed by atoms with Crippen LogP contribution >= 0.6 is 15.6 Å². The first-order chi connectivity index (χ1) is 50.2. The van der Waals surface area contributed by atoms with Gasteiger partial charge >= 0.3 is 39.5 Å². The molecule has 0 aromatic rings. The monoisotopic (exact) mass is 1520 g/mol. The van der Waals surface area contributed by atoms with Gasteiger partial charge in [0.2, 0.25) is 0 Å². The Hall–Kier alpha value is -1.94. The zero-order valence-electron chi connectivity index (χ0n) is 68.5. The van der Waals surface area contributed by atoms with Crippen molar-refractivity contribution in [3.63, 3.8) is 0 Å². The van der Waals surface area contributed by atoms with E-state index in [1.165, 1.54) is 257 Å². The predicted octanol–water partition coefficient (Wildman–Crippen LogP) is 25.7. The lowest BCUT2D eigenvalue weighted by Gasteiger charge is -2.21. The van der Waals surface area contributed by atoms with Gasteiger partial charge in [-0.1, -0.05) is 395 Å². The van der Waals surface area contributed by atoms with Gasteiger partial charge in [0.05, 0.1) is 26.4 Å². The molecule has 0 heterocycles. The molecule has 5 atom stereocenters. The van der Waals surface area contributed by atoms with Crippen LogP contribution in [0.25, 0.3) is 0 Å².